The highest BCUT2D eigenvalue weighted by molar-refractivity contribution is 9.10. The van der Waals surface area contributed by atoms with Gasteiger partial charge in [-0.05, 0) is 46.9 Å². The molecule has 1 N–H and O–H groups in total. The van der Waals surface area contributed by atoms with E-state index in [1.807, 2.05) is 18.3 Å². The van der Waals surface area contributed by atoms with Crippen molar-refractivity contribution < 1.29 is 4.74 Å². The molecule has 2 heterocycles. The molecule has 0 bridgehead atoms. The number of pyridine rings is 1. The third-order valence-corrected chi connectivity index (χ3v) is 3.26. The van der Waals surface area contributed by atoms with Crippen LogP contribution in [-0.2, 0) is 11.3 Å². The van der Waals surface area contributed by atoms with Crippen LogP contribution >= 0.6 is 15.9 Å². The first-order valence-corrected chi connectivity index (χ1v) is 6.55. The first kappa shape index (κ1) is 12.0. The maximum absolute atomic E-state index is 5.68. The number of piperidine rings is 1. The molecule has 0 unspecified atom stereocenters. The summed E-state index contributed by atoms with van der Waals surface area (Å²) < 4.78 is 6.55. The number of ether oxygens (including phenoxy) is 1. The second kappa shape index (κ2) is 6.33. The highest BCUT2D eigenvalue weighted by Crippen LogP contribution is 2.10. The van der Waals surface area contributed by atoms with Gasteiger partial charge in [-0.3, -0.25) is 0 Å². The molecule has 1 aliphatic heterocycles. The lowest BCUT2D eigenvalue weighted by molar-refractivity contribution is 0.0910. The van der Waals surface area contributed by atoms with Crippen LogP contribution in [-0.4, -0.2) is 24.2 Å². The summed E-state index contributed by atoms with van der Waals surface area (Å²) in [6.07, 6.45) is 5.70. The topological polar surface area (TPSA) is 34.1 Å². The molecule has 1 aliphatic rings. The second-order valence-electron chi connectivity index (χ2n) is 4.15. The standard InChI is InChI=1S/C12H17BrN2O/c13-12-5-4-10(7-15-12)8-16-9-11-3-1-2-6-14-11/h4-5,7,11,14H,1-3,6,8-9H2/t11-/m1/s1. The summed E-state index contributed by atoms with van der Waals surface area (Å²) >= 11 is 3.31. The molecule has 0 aliphatic carbocycles. The van der Waals surface area contributed by atoms with Crippen LogP contribution in [0.2, 0.25) is 0 Å². The minimum atomic E-state index is 0.539. The molecule has 1 aromatic heterocycles. The van der Waals surface area contributed by atoms with Gasteiger partial charge in [0.2, 0.25) is 0 Å². The van der Waals surface area contributed by atoms with E-state index < -0.39 is 0 Å². The Morgan fingerprint density at radius 2 is 2.38 bits per heavy atom. The molecule has 1 aromatic rings. The fraction of sp³-hybridized carbons (Fsp3) is 0.583. The van der Waals surface area contributed by atoms with Crippen molar-refractivity contribution in [1.29, 1.82) is 0 Å². The lowest BCUT2D eigenvalue weighted by Gasteiger charge is -2.23. The molecule has 1 atom stereocenters. The average Bonchev–Trinajstić information content (AvgIpc) is 2.33. The Morgan fingerprint density at radius 3 is 3.06 bits per heavy atom. The zero-order valence-corrected chi connectivity index (χ0v) is 10.9. The SMILES string of the molecule is Brc1ccc(COC[C@H]2CCCCN2)cn1. The third kappa shape index (κ3) is 3.85. The molecule has 0 radical (unpaired) electrons. The van der Waals surface area contributed by atoms with Crippen molar-refractivity contribution in [1.82, 2.24) is 10.3 Å². The summed E-state index contributed by atoms with van der Waals surface area (Å²) in [5, 5.41) is 3.47. The number of nitrogens with one attached hydrogen (secondary N) is 1. The molecule has 1 saturated heterocycles. The van der Waals surface area contributed by atoms with Gasteiger partial charge >= 0.3 is 0 Å². The van der Waals surface area contributed by atoms with Gasteiger partial charge in [0.25, 0.3) is 0 Å². The highest BCUT2D eigenvalue weighted by Gasteiger charge is 2.11. The van der Waals surface area contributed by atoms with Gasteiger partial charge in [0, 0.05) is 12.2 Å². The van der Waals surface area contributed by atoms with Gasteiger partial charge in [-0.1, -0.05) is 12.5 Å². The zero-order valence-electron chi connectivity index (χ0n) is 9.29. The first-order chi connectivity index (χ1) is 7.84. The van der Waals surface area contributed by atoms with E-state index in [4.69, 9.17) is 4.74 Å². The number of halogens is 1. The molecule has 0 saturated carbocycles. The molecule has 0 aromatic carbocycles. The zero-order chi connectivity index (χ0) is 11.2. The number of nitrogens with zero attached hydrogens (tertiary/aromatic N) is 1. The summed E-state index contributed by atoms with van der Waals surface area (Å²) in [5.74, 6) is 0. The number of rotatable bonds is 4. The van der Waals surface area contributed by atoms with Crippen molar-refractivity contribution >= 4 is 15.9 Å². The van der Waals surface area contributed by atoms with Crippen molar-refractivity contribution in [3.63, 3.8) is 0 Å². The van der Waals surface area contributed by atoms with Crippen molar-refractivity contribution in [2.24, 2.45) is 0 Å². The minimum absolute atomic E-state index is 0.539. The van der Waals surface area contributed by atoms with Crippen LogP contribution in [0.25, 0.3) is 0 Å². The second-order valence-corrected chi connectivity index (χ2v) is 4.96. The molecule has 1 fully saturated rings. The molecule has 3 nitrogen and oxygen atoms in total. The van der Waals surface area contributed by atoms with Gasteiger partial charge < -0.3 is 10.1 Å². The largest absolute Gasteiger partial charge is 0.375 e. The summed E-state index contributed by atoms with van der Waals surface area (Å²) in [7, 11) is 0. The Morgan fingerprint density at radius 1 is 1.44 bits per heavy atom. The Labute approximate surface area is 105 Å². The first-order valence-electron chi connectivity index (χ1n) is 5.76. The van der Waals surface area contributed by atoms with Gasteiger partial charge in [0.05, 0.1) is 13.2 Å². The number of hydrogen-bond donors (Lipinski definition) is 1. The maximum Gasteiger partial charge on any atom is 0.106 e. The fourth-order valence-corrected chi connectivity index (χ4v) is 2.11. The molecule has 88 valence electrons. The summed E-state index contributed by atoms with van der Waals surface area (Å²) in [4.78, 5) is 4.17. The van der Waals surface area contributed by atoms with Crippen LogP contribution in [0.5, 0.6) is 0 Å². The van der Waals surface area contributed by atoms with Crippen LogP contribution in [0, 0.1) is 0 Å². The molecular weight excluding hydrogens is 268 g/mol. The molecule has 16 heavy (non-hydrogen) atoms. The van der Waals surface area contributed by atoms with Crippen LogP contribution in [0.1, 0.15) is 24.8 Å². The van der Waals surface area contributed by atoms with Crippen molar-refractivity contribution in [3.8, 4) is 0 Å². The average molecular weight is 285 g/mol. The quantitative estimate of drug-likeness (QED) is 0.863. The van der Waals surface area contributed by atoms with Crippen LogP contribution in [0.3, 0.4) is 0 Å². The minimum Gasteiger partial charge on any atom is -0.375 e. The van der Waals surface area contributed by atoms with E-state index in [1.54, 1.807) is 0 Å². The van der Waals surface area contributed by atoms with E-state index in [1.165, 1.54) is 19.3 Å². The van der Waals surface area contributed by atoms with E-state index in [0.29, 0.717) is 12.6 Å². The van der Waals surface area contributed by atoms with E-state index in [2.05, 4.69) is 26.2 Å². The highest BCUT2D eigenvalue weighted by atomic mass is 79.9. The Kier molecular flexibility index (Phi) is 4.75. The van der Waals surface area contributed by atoms with Gasteiger partial charge in [0.1, 0.15) is 4.60 Å². The predicted octanol–water partition coefficient (Wildman–Crippen LogP) is 2.50. The fourth-order valence-electron chi connectivity index (χ4n) is 1.88. The van der Waals surface area contributed by atoms with Crippen LogP contribution in [0.15, 0.2) is 22.9 Å². The maximum atomic E-state index is 5.68. The van der Waals surface area contributed by atoms with E-state index in [9.17, 15) is 0 Å². The molecule has 0 amide bonds. The summed E-state index contributed by atoms with van der Waals surface area (Å²) in [6.45, 7) is 2.59. The van der Waals surface area contributed by atoms with Gasteiger partial charge in [0.15, 0.2) is 0 Å². The van der Waals surface area contributed by atoms with Gasteiger partial charge in [-0.15, -0.1) is 0 Å². The monoisotopic (exact) mass is 284 g/mol. The van der Waals surface area contributed by atoms with E-state index in [-0.39, 0.29) is 0 Å². The number of aromatic nitrogens is 1. The summed E-state index contributed by atoms with van der Waals surface area (Å²) in [5.41, 5.74) is 1.12. The van der Waals surface area contributed by atoms with Crippen LogP contribution in [0.4, 0.5) is 0 Å². The molecule has 2 rings (SSSR count). The normalized spacial score (nSPS) is 20.9. The van der Waals surface area contributed by atoms with Crippen LogP contribution < -0.4 is 5.32 Å². The Hall–Kier alpha value is -0.450. The molecule has 0 spiro atoms. The van der Waals surface area contributed by atoms with Gasteiger partial charge in [-0.25, -0.2) is 4.98 Å². The lowest BCUT2D eigenvalue weighted by atomic mass is 10.1. The van der Waals surface area contributed by atoms with Crippen molar-refractivity contribution in [2.45, 2.75) is 31.9 Å². The van der Waals surface area contributed by atoms with Crippen molar-refractivity contribution in [2.75, 3.05) is 13.2 Å². The van der Waals surface area contributed by atoms with Crippen molar-refractivity contribution in [3.05, 3.63) is 28.5 Å². The number of hydrogen-bond acceptors (Lipinski definition) is 3. The summed E-state index contributed by atoms with van der Waals surface area (Å²) in [6, 6.07) is 4.51. The third-order valence-electron chi connectivity index (χ3n) is 2.79. The van der Waals surface area contributed by atoms with E-state index >= 15 is 0 Å². The molecular formula is C12H17BrN2O. The Balaban J connectivity index is 1.69. The van der Waals surface area contributed by atoms with E-state index in [0.717, 1.165) is 23.3 Å². The smallest absolute Gasteiger partial charge is 0.106 e. The van der Waals surface area contributed by atoms with Gasteiger partial charge in [-0.2, -0.15) is 0 Å². The molecule has 4 heteroatoms. The Bertz CT molecular complexity index is 309. The lowest BCUT2D eigenvalue weighted by Crippen LogP contribution is -2.37. The predicted molar refractivity (Wildman–Crippen MR) is 67.2 cm³/mol.